The Hall–Kier alpha value is -2.35. The Labute approximate surface area is 184 Å². The number of benzene rings is 1. The van der Waals surface area contributed by atoms with Gasteiger partial charge in [-0.15, -0.1) is 11.3 Å². The van der Waals surface area contributed by atoms with Crippen molar-refractivity contribution in [2.45, 2.75) is 25.7 Å². The number of methoxy groups -OCH3 is 1. The van der Waals surface area contributed by atoms with Gasteiger partial charge in [0.2, 0.25) is 0 Å². The Bertz CT molecular complexity index is 1120. The Balaban J connectivity index is 1.65. The number of ether oxygens (including phenoxy) is 1. The highest BCUT2D eigenvalue weighted by Crippen LogP contribution is 2.38. The van der Waals surface area contributed by atoms with Crippen molar-refractivity contribution in [1.29, 1.82) is 0 Å². The number of rotatable bonds is 6. The molecule has 2 N–H and O–H groups in total. The largest absolute Gasteiger partial charge is 0.383 e. The van der Waals surface area contributed by atoms with Crippen LogP contribution in [-0.2, 0) is 24.6 Å². The minimum Gasteiger partial charge on any atom is -0.383 e. The fourth-order valence-corrected chi connectivity index (χ4v) is 5.39. The SMILES string of the molecule is COCCNC(=O)c1c(NC(=O)c2cc3ccc(Cl)cc3n2C)sc2c1CCCC2. The molecule has 0 saturated carbocycles. The third-order valence-corrected chi connectivity index (χ3v) is 6.90. The number of carbonyl (C=O) groups excluding carboxylic acids is 2. The summed E-state index contributed by atoms with van der Waals surface area (Å²) < 4.78 is 6.85. The Morgan fingerprint density at radius 2 is 2.00 bits per heavy atom. The van der Waals surface area contributed by atoms with E-state index in [1.807, 2.05) is 29.8 Å². The first-order valence-electron chi connectivity index (χ1n) is 9.97. The number of halogens is 1. The van der Waals surface area contributed by atoms with E-state index in [1.54, 1.807) is 13.2 Å². The maximum atomic E-state index is 13.1. The quantitative estimate of drug-likeness (QED) is 0.552. The molecule has 3 aromatic rings. The van der Waals surface area contributed by atoms with Gasteiger partial charge >= 0.3 is 0 Å². The number of nitrogens with one attached hydrogen (secondary N) is 2. The van der Waals surface area contributed by atoms with Gasteiger partial charge in [-0.3, -0.25) is 9.59 Å². The van der Waals surface area contributed by atoms with Crippen molar-refractivity contribution in [2.24, 2.45) is 7.05 Å². The predicted molar refractivity (Wildman–Crippen MR) is 121 cm³/mol. The summed E-state index contributed by atoms with van der Waals surface area (Å²) in [6.45, 7) is 0.871. The van der Waals surface area contributed by atoms with E-state index in [1.165, 1.54) is 16.2 Å². The molecule has 1 aliphatic carbocycles. The number of aryl methyl sites for hydroxylation is 2. The lowest BCUT2D eigenvalue weighted by molar-refractivity contribution is 0.0937. The van der Waals surface area contributed by atoms with Crippen LogP contribution in [0.4, 0.5) is 5.00 Å². The Morgan fingerprint density at radius 1 is 1.20 bits per heavy atom. The number of aromatic nitrogens is 1. The molecule has 0 radical (unpaired) electrons. The zero-order chi connectivity index (χ0) is 21.3. The number of anilines is 1. The van der Waals surface area contributed by atoms with E-state index in [9.17, 15) is 9.59 Å². The van der Waals surface area contributed by atoms with E-state index in [0.29, 0.717) is 34.4 Å². The fourth-order valence-electron chi connectivity index (χ4n) is 3.94. The van der Waals surface area contributed by atoms with E-state index in [4.69, 9.17) is 16.3 Å². The summed E-state index contributed by atoms with van der Waals surface area (Å²) >= 11 is 7.62. The van der Waals surface area contributed by atoms with Crippen molar-refractivity contribution >= 4 is 50.7 Å². The van der Waals surface area contributed by atoms with Gasteiger partial charge in [-0.25, -0.2) is 0 Å². The van der Waals surface area contributed by atoms with Crippen LogP contribution in [0.2, 0.25) is 5.02 Å². The molecule has 8 heteroatoms. The maximum Gasteiger partial charge on any atom is 0.272 e. The standard InChI is InChI=1S/C22H24ClN3O3S/c1-26-16-12-14(23)8-7-13(16)11-17(26)20(27)25-22-19(21(28)24-9-10-29-2)15-5-3-4-6-18(15)30-22/h7-8,11-12H,3-6,9-10H2,1-2H3,(H,24,28)(H,25,27). The summed E-state index contributed by atoms with van der Waals surface area (Å²) in [4.78, 5) is 27.2. The van der Waals surface area contributed by atoms with Crippen molar-refractivity contribution in [1.82, 2.24) is 9.88 Å². The van der Waals surface area contributed by atoms with Crippen LogP contribution in [-0.4, -0.2) is 36.6 Å². The van der Waals surface area contributed by atoms with E-state index < -0.39 is 0 Å². The van der Waals surface area contributed by atoms with Gasteiger partial charge in [0.15, 0.2) is 0 Å². The van der Waals surface area contributed by atoms with Crippen LogP contribution >= 0.6 is 22.9 Å². The Kier molecular flexibility index (Phi) is 6.13. The van der Waals surface area contributed by atoms with Crippen LogP contribution in [0.5, 0.6) is 0 Å². The molecular weight excluding hydrogens is 422 g/mol. The van der Waals surface area contributed by atoms with Crippen LogP contribution in [0.1, 0.15) is 44.1 Å². The van der Waals surface area contributed by atoms with Crippen LogP contribution in [0.3, 0.4) is 0 Å². The molecule has 0 saturated heterocycles. The molecule has 0 fully saturated rings. The smallest absolute Gasteiger partial charge is 0.272 e. The summed E-state index contributed by atoms with van der Waals surface area (Å²) in [6, 6.07) is 7.38. The zero-order valence-electron chi connectivity index (χ0n) is 17.0. The highest BCUT2D eigenvalue weighted by atomic mass is 35.5. The summed E-state index contributed by atoms with van der Waals surface area (Å²) in [5.74, 6) is -0.403. The lowest BCUT2D eigenvalue weighted by Gasteiger charge is -2.13. The fraction of sp³-hybridized carbons (Fsp3) is 0.364. The summed E-state index contributed by atoms with van der Waals surface area (Å²) in [7, 11) is 3.44. The molecular formula is C22H24ClN3O3S. The number of thiophene rings is 1. The van der Waals surface area contributed by atoms with Crippen molar-refractivity contribution in [2.75, 3.05) is 25.6 Å². The molecule has 2 amide bonds. The van der Waals surface area contributed by atoms with Crippen molar-refractivity contribution < 1.29 is 14.3 Å². The zero-order valence-corrected chi connectivity index (χ0v) is 18.6. The van der Waals surface area contributed by atoms with E-state index >= 15 is 0 Å². The third kappa shape index (κ3) is 3.97. The summed E-state index contributed by atoms with van der Waals surface area (Å²) in [6.07, 6.45) is 3.97. The molecule has 0 atom stereocenters. The molecule has 2 aromatic heterocycles. The van der Waals surface area contributed by atoms with Crippen molar-refractivity contribution in [3.63, 3.8) is 0 Å². The topological polar surface area (TPSA) is 72.4 Å². The highest BCUT2D eigenvalue weighted by Gasteiger charge is 2.27. The number of fused-ring (bicyclic) bond motifs is 2. The normalized spacial score (nSPS) is 13.3. The molecule has 158 valence electrons. The third-order valence-electron chi connectivity index (χ3n) is 5.46. The van der Waals surface area contributed by atoms with Crippen LogP contribution in [0, 0.1) is 0 Å². The lowest BCUT2D eigenvalue weighted by Crippen LogP contribution is -2.29. The number of hydrogen-bond acceptors (Lipinski definition) is 4. The second-order valence-corrected chi connectivity index (χ2v) is 8.95. The van der Waals surface area contributed by atoms with Crippen molar-refractivity contribution in [3.05, 3.63) is 51.0 Å². The number of nitrogens with zero attached hydrogens (tertiary/aromatic N) is 1. The van der Waals surface area contributed by atoms with E-state index in [-0.39, 0.29) is 11.8 Å². The maximum absolute atomic E-state index is 13.1. The van der Waals surface area contributed by atoms with Gasteiger partial charge in [-0.2, -0.15) is 0 Å². The Morgan fingerprint density at radius 3 is 2.80 bits per heavy atom. The molecule has 6 nitrogen and oxygen atoms in total. The lowest BCUT2D eigenvalue weighted by atomic mass is 9.95. The van der Waals surface area contributed by atoms with Crippen LogP contribution < -0.4 is 10.6 Å². The van der Waals surface area contributed by atoms with Gasteiger partial charge in [0, 0.05) is 41.5 Å². The minimum absolute atomic E-state index is 0.162. The molecule has 0 aliphatic heterocycles. The number of carbonyl (C=O) groups is 2. The second kappa shape index (κ2) is 8.79. The molecule has 30 heavy (non-hydrogen) atoms. The van der Waals surface area contributed by atoms with Gasteiger partial charge in [0.1, 0.15) is 10.7 Å². The van der Waals surface area contributed by atoms with E-state index in [2.05, 4.69) is 10.6 Å². The number of amides is 2. The summed E-state index contributed by atoms with van der Waals surface area (Å²) in [5.41, 5.74) is 3.07. The highest BCUT2D eigenvalue weighted by molar-refractivity contribution is 7.17. The molecule has 0 unspecified atom stereocenters. The minimum atomic E-state index is -0.241. The molecule has 4 rings (SSSR count). The number of hydrogen-bond donors (Lipinski definition) is 2. The van der Waals surface area contributed by atoms with Crippen LogP contribution in [0.15, 0.2) is 24.3 Å². The van der Waals surface area contributed by atoms with Gasteiger partial charge in [-0.1, -0.05) is 17.7 Å². The first kappa shape index (κ1) is 20.9. The van der Waals surface area contributed by atoms with Gasteiger partial charge < -0.3 is 19.9 Å². The van der Waals surface area contributed by atoms with Gasteiger partial charge in [0.05, 0.1) is 12.2 Å². The van der Waals surface area contributed by atoms with Gasteiger partial charge in [-0.05, 0) is 49.4 Å². The average molecular weight is 446 g/mol. The molecule has 0 bridgehead atoms. The first-order valence-corrected chi connectivity index (χ1v) is 11.2. The average Bonchev–Trinajstić information content (AvgIpc) is 3.25. The molecule has 1 aliphatic rings. The molecule has 1 aromatic carbocycles. The predicted octanol–water partition coefficient (Wildman–Crippen LogP) is 4.40. The summed E-state index contributed by atoms with van der Waals surface area (Å²) in [5, 5.41) is 8.08. The van der Waals surface area contributed by atoms with Crippen molar-refractivity contribution in [3.8, 4) is 0 Å². The first-order chi connectivity index (χ1) is 14.5. The van der Waals surface area contributed by atoms with E-state index in [0.717, 1.165) is 42.1 Å². The monoisotopic (exact) mass is 445 g/mol. The molecule has 0 spiro atoms. The molecule has 2 heterocycles. The van der Waals surface area contributed by atoms with Crippen LogP contribution in [0.25, 0.3) is 10.9 Å². The second-order valence-electron chi connectivity index (χ2n) is 7.41. The van der Waals surface area contributed by atoms with Gasteiger partial charge in [0.25, 0.3) is 11.8 Å².